The molecule has 0 saturated carbocycles. The minimum Gasteiger partial charge on any atom is -0.449 e. The molecular weight excluding hydrogens is 374 g/mol. The molecule has 3 aromatic rings. The minimum absolute atomic E-state index is 0.0667. The molecule has 1 amide bonds. The van der Waals surface area contributed by atoms with Crippen molar-refractivity contribution in [2.75, 3.05) is 5.32 Å². The van der Waals surface area contributed by atoms with Gasteiger partial charge in [-0.3, -0.25) is 14.5 Å². The summed E-state index contributed by atoms with van der Waals surface area (Å²) in [5, 5.41) is 7.00. The summed E-state index contributed by atoms with van der Waals surface area (Å²) >= 11 is 0. The quantitative estimate of drug-likeness (QED) is 0.639. The number of amides is 1. The van der Waals surface area contributed by atoms with Gasteiger partial charge in [-0.25, -0.2) is 9.78 Å². The predicted octanol–water partition coefficient (Wildman–Crippen LogP) is 2.80. The van der Waals surface area contributed by atoms with Crippen LogP contribution in [-0.4, -0.2) is 37.7 Å². The van der Waals surface area contributed by atoms with Gasteiger partial charge >= 0.3 is 5.97 Å². The van der Waals surface area contributed by atoms with E-state index in [1.165, 1.54) is 25.4 Å². The number of aromatic nitrogens is 4. The standard InChI is InChI=1S/C20H21N5O4/c1-12-17(13(2)25(4)24-12)23-18(26)14(3)28-20(27)16-8-6-10-22-19(16)29-15-7-5-9-21-11-15/h5-11,14H,1-4H3,(H,23,26). The van der Waals surface area contributed by atoms with Crippen LogP contribution < -0.4 is 10.1 Å². The van der Waals surface area contributed by atoms with Crippen molar-refractivity contribution in [2.24, 2.45) is 7.05 Å². The lowest BCUT2D eigenvalue weighted by Crippen LogP contribution is -2.30. The molecule has 0 spiro atoms. The second kappa shape index (κ2) is 8.51. The van der Waals surface area contributed by atoms with Crippen LogP contribution in [0.25, 0.3) is 0 Å². The van der Waals surface area contributed by atoms with Gasteiger partial charge in [0.15, 0.2) is 6.10 Å². The molecule has 1 N–H and O–H groups in total. The first-order chi connectivity index (χ1) is 13.9. The minimum atomic E-state index is -1.03. The maximum absolute atomic E-state index is 12.6. The van der Waals surface area contributed by atoms with E-state index in [0.29, 0.717) is 17.1 Å². The normalized spacial score (nSPS) is 11.6. The molecule has 0 aliphatic heterocycles. The molecule has 9 heteroatoms. The molecule has 0 fully saturated rings. The molecule has 3 aromatic heterocycles. The highest BCUT2D eigenvalue weighted by Crippen LogP contribution is 2.23. The zero-order valence-electron chi connectivity index (χ0n) is 16.5. The van der Waals surface area contributed by atoms with Gasteiger partial charge in [0.2, 0.25) is 5.88 Å². The highest BCUT2D eigenvalue weighted by molar-refractivity contribution is 5.98. The second-order valence-electron chi connectivity index (χ2n) is 6.35. The van der Waals surface area contributed by atoms with E-state index in [1.54, 1.807) is 43.0 Å². The lowest BCUT2D eigenvalue weighted by molar-refractivity contribution is -0.123. The molecule has 29 heavy (non-hydrogen) atoms. The summed E-state index contributed by atoms with van der Waals surface area (Å²) in [6.45, 7) is 5.12. The number of nitrogens with one attached hydrogen (secondary N) is 1. The van der Waals surface area contributed by atoms with Crippen LogP contribution in [-0.2, 0) is 16.6 Å². The fraction of sp³-hybridized carbons (Fsp3) is 0.250. The Morgan fingerprint density at radius 3 is 2.59 bits per heavy atom. The third-order valence-electron chi connectivity index (χ3n) is 4.25. The Kier molecular flexibility index (Phi) is 5.87. The van der Waals surface area contributed by atoms with Crippen LogP contribution in [0.15, 0.2) is 42.9 Å². The molecular formula is C20H21N5O4. The summed E-state index contributed by atoms with van der Waals surface area (Å²) in [7, 11) is 1.79. The Morgan fingerprint density at radius 1 is 1.17 bits per heavy atom. The molecule has 0 bridgehead atoms. The van der Waals surface area contributed by atoms with E-state index in [1.807, 2.05) is 6.92 Å². The lowest BCUT2D eigenvalue weighted by atomic mass is 10.2. The molecule has 0 aliphatic rings. The summed E-state index contributed by atoms with van der Waals surface area (Å²) in [6.07, 6.45) is 3.56. The highest BCUT2D eigenvalue weighted by Gasteiger charge is 2.24. The average molecular weight is 395 g/mol. The first-order valence-electron chi connectivity index (χ1n) is 8.91. The van der Waals surface area contributed by atoms with Gasteiger partial charge in [-0.05, 0) is 45.0 Å². The Balaban J connectivity index is 1.70. The van der Waals surface area contributed by atoms with Crippen molar-refractivity contribution in [2.45, 2.75) is 26.9 Å². The third kappa shape index (κ3) is 4.57. The third-order valence-corrected chi connectivity index (χ3v) is 4.25. The number of pyridine rings is 2. The summed E-state index contributed by atoms with van der Waals surface area (Å²) in [5.74, 6) is -0.693. The topological polar surface area (TPSA) is 108 Å². The zero-order valence-corrected chi connectivity index (χ0v) is 16.5. The molecule has 1 unspecified atom stereocenters. The van der Waals surface area contributed by atoms with Crippen LogP contribution in [0.3, 0.4) is 0 Å². The lowest BCUT2D eigenvalue weighted by Gasteiger charge is -2.15. The second-order valence-corrected chi connectivity index (χ2v) is 6.35. The van der Waals surface area contributed by atoms with E-state index < -0.39 is 18.0 Å². The van der Waals surface area contributed by atoms with Crippen molar-refractivity contribution in [3.8, 4) is 11.6 Å². The van der Waals surface area contributed by atoms with Crippen molar-refractivity contribution in [3.05, 3.63) is 59.8 Å². The van der Waals surface area contributed by atoms with Gasteiger partial charge in [0.05, 0.1) is 23.3 Å². The number of ether oxygens (including phenoxy) is 2. The van der Waals surface area contributed by atoms with Gasteiger partial charge in [-0.1, -0.05) is 0 Å². The van der Waals surface area contributed by atoms with Crippen LogP contribution in [0.1, 0.15) is 28.7 Å². The number of rotatable bonds is 6. The van der Waals surface area contributed by atoms with Crippen molar-refractivity contribution in [3.63, 3.8) is 0 Å². The summed E-state index contributed by atoms with van der Waals surface area (Å²) in [5.41, 5.74) is 2.18. The number of aryl methyl sites for hydroxylation is 2. The number of anilines is 1. The molecule has 0 aromatic carbocycles. The molecule has 0 radical (unpaired) electrons. The summed E-state index contributed by atoms with van der Waals surface area (Å²) in [6, 6.07) is 6.48. The van der Waals surface area contributed by atoms with E-state index in [4.69, 9.17) is 9.47 Å². The van der Waals surface area contributed by atoms with E-state index in [0.717, 1.165) is 5.69 Å². The first-order valence-corrected chi connectivity index (χ1v) is 8.91. The molecule has 3 rings (SSSR count). The van der Waals surface area contributed by atoms with Gasteiger partial charge in [-0.2, -0.15) is 5.10 Å². The van der Waals surface area contributed by atoms with E-state index in [2.05, 4.69) is 20.4 Å². The van der Waals surface area contributed by atoms with Crippen molar-refractivity contribution in [1.29, 1.82) is 0 Å². The largest absolute Gasteiger partial charge is 0.449 e. The average Bonchev–Trinajstić information content (AvgIpc) is 2.95. The smallest absolute Gasteiger partial charge is 0.344 e. The predicted molar refractivity (Wildman–Crippen MR) is 105 cm³/mol. The molecule has 0 saturated heterocycles. The maximum Gasteiger partial charge on any atom is 0.344 e. The Morgan fingerprint density at radius 2 is 1.93 bits per heavy atom. The van der Waals surface area contributed by atoms with Crippen molar-refractivity contribution < 1.29 is 19.1 Å². The van der Waals surface area contributed by atoms with E-state index in [9.17, 15) is 9.59 Å². The Hall–Kier alpha value is -3.75. The fourth-order valence-corrected chi connectivity index (χ4v) is 2.60. The summed E-state index contributed by atoms with van der Waals surface area (Å²) < 4.78 is 12.6. The van der Waals surface area contributed by atoms with Gasteiger partial charge < -0.3 is 14.8 Å². The maximum atomic E-state index is 12.6. The summed E-state index contributed by atoms with van der Waals surface area (Å²) in [4.78, 5) is 33.1. The number of esters is 1. The van der Waals surface area contributed by atoms with Crippen LogP contribution >= 0.6 is 0 Å². The highest BCUT2D eigenvalue weighted by atomic mass is 16.6. The van der Waals surface area contributed by atoms with E-state index in [-0.39, 0.29) is 11.4 Å². The van der Waals surface area contributed by atoms with Crippen LogP contribution in [0.2, 0.25) is 0 Å². The van der Waals surface area contributed by atoms with Crippen molar-refractivity contribution >= 4 is 17.6 Å². The van der Waals surface area contributed by atoms with Crippen LogP contribution in [0.5, 0.6) is 11.6 Å². The molecule has 9 nitrogen and oxygen atoms in total. The van der Waals surface area contributed by atoms with Crippen LogP contribution in [0, 0.1) is 13.8 Å². The van der Waals surface area contributed by atoms with Gasteiger partial charge in [-0.15, -0.1) is 0 Å². The number of hydrogen-bond donors (Lipinski definition) is 1. The van der Waals surface area contributed by atoms with Gasteiger partial charge in [0.25, 0.3) is 5.91 Å². The van der Waals surface area contributed by atoms with Crippen molar-refractivity contribution in [1.82, 2.24) is 19.7 Å². The Labute approximate surface area is 167 Å². The monoisotopic (exact) mass is 395 g/mol. The SMILES string of the molecule is Cc1nn(C)c(C)c1NC(=O)C(C)OC(=O)c1cccnc1Oc1cccnc1. The zero-order chi connectivity index (χ0) is 21.0. The molecule has 3 heterocycles. The number of nitrogens with zero attached hydrogens (tertiary/aromatic N) is 4. The fourth-order valence-electron chi connectivity index (χ4n) is 2.60. The molecule has 0 aliphatic carbocycles. The number of carbonyl (C=O) groups excluding carboxylic acids is 2. The first kappa shape index (κ1) is 20.0. The Bertz CT molecular complexity index is 1030. The molecule has 1 atom stereocenters. The molecule has 150 valence electrons. The van der Waals surface area contributed by atoms with Gasteiger partial charge in [0, 0.05) is 19.4 Å². The number of carbonyl (C=O) groups is 2. The number of hydrogen-bond acceptors (Lipinski definition) is 7. The van der Waals surface area contributed by atoms with Gasteiger partial charge in [0.1, 0.15) is 11.3 Å². The van der Waals surface area contributed by atoms with E-state index >= 15 is 0 Å². The van der Waals surface area contributed by atoms with Crippen LogP contribution in [0.4, 0.5) is 5.69 Å².